The van der Waals surface area contributed by atoms with E-state index in [2.05, 4.69) is 0 Å². The van der Waals surface area contributed by atoms with E-state index in [1.165, 1.54) is 0 Å². The quantitative estimate of drug-likeness (QED) is 0.722. The van der Waals surface area contributed by atoms with Gasteiger partial charge >= 0.3 is 0 Å². The topological polar surface area (TPSA) is 55.6 Å². The first-order chi connectivity index (χ1) is 7.53. The molecule has 1 aliphatic heterocycles. The Balaban J connectivity index is 2.07. The minimum atomic E-state index is -0.592. The third-order valence-corrected chi connectivity index (χ3v) is 3.79. The molecule has 16 heavy (non-hydrogen) atoms. The molecule has 1 aliphatic carbocycles. The van der Waals surface area contributed by atoms with Gasteiger partial charge in [0.2, 0.25) is 5.91 Å². The Kier molecular flexibility index (Phi) is 3.22. The monoisotopic (exact) mass is 226 g/mol. The SMILES string of the molecule is CC1CN(C(=O)C2(N)CCCC2)C(C)CO1. The second-order valence-corrected chi connectivity index (χ2v) is 5.31. The summed E-state index contributed by atoms with van der Waals surface area (Å²) < 4.78 is 5.53. The minimum Gasteiger partial charge on any atom is -0.375 e. The van der Waals surface area contributed by atoms with Gasteiger partial charge in [-0.25, -0.2) is 0 Å². The zero-order chi connectivity index (χ0) is 11.8. The van der Waals surface area contributed by atoms with E-state index < -0.39 is 5.54 Å². The number of carbonyl (C=O) groups excluding carboxylic acids is 1. The van der Waals surface area contributed by atoms with Gasteiger partial charge in [-0.3, -0.25) is 4.79 Å². The zero-order valence-corrected chi connectivity index (χ0v) is 10.2. The number of carbonyl (C=O) groups is 1. The van der Waals surface area contributed by atoms with Crippen molar-refractivity contribution in [3.05, 3.63) is 0 Å². The number of hydrogen-bond acceptors (Lipinski definition) is 3. The lowest BCUT2D eigenvalue weighted by atomic mass is 9.96. The lowest BCUT2D eigenvalue weighted by molar-refractivity contribution is -0.148. The Labute approximate surface area is 97.1 Å². The predicted octanol–water partition coefficient (Wildman–Crippen LogP) is 0.894. The Morgan fingerprint density at radius 3 is 2.62 bits per heavy atom. The number of ether oxygens (including phenoxy) is 1. The average molecular weight is 226 g/mol. The van der Waals surface area contributed by atoms with Crippen LogP contribution in [0.3, 0.4) is 0 Å². The number of amides is 1. The summed E-state index contributed by atoms with van der Waals surface area (Å²) in [6, 6.07) is 0.157. The number of nitrogens with two attached hydrogens (primary N) is 1. The molecule has 2 rings (SSSR count). The lowest BCUT2D eigenvalue weighted by Gasteiger charge is -2.40. The van der Waals surface area contributed by atoms with E-state index in [1.807, 2.05) is 18.7 Å². The summed E-state index contributed by atoms with van der Waals surface area (Å²) in [5.74, 6) is 0.132. The number of hydrogen-bond donors (Lipinski definition) is 1. The molecule has 4 nitrogen and oxygen atoms in total. The van der Waals surface area contributed by atoms with Crippen molar-refractivity contribution in [2.75, 3.05) is 13.2 Å². The van der Waals surface area contributed by atoms with Gasteiger partial charge in [0.25, 0.3) is 0 Å². The molecule has 0 aromatic heterocycles. The number of morpholine rings is 1. The van der Waals surface area contributed by atoms with Gasteiger partial charge in [0, 0.05) is 6.54 Å². The van der Waals surface area contributed by atoms with Crippen LogP contribution in [0.2, 0.25) is 0 Å². The van der Waals surface area contributed by atoms with Crippen LogP contribution in [0.1, 0.15) is 39.5 Å². The van der Waals surface area contributed by atoms with E-state index in [9.17, 15) is 4.79 Å². The second-order valence-electron chi connectivity index (χ2n) is 5.31. The van der Waals surface area contributed by atoms with E-state index >= 15 is 0 Å². The molecule has 2 unspecified atom stereocenters. The van der Waals surface area contributed by atoms with Gasteiger partial charge in [-0.2, -0.15) is 0 Å². The summed E-state index contributed by atoms with van der Waals surface area (Å²) in [5, 5.41) is 0. The van der Waals surface area contributed by atoms with E-state index in [4.69, 9.17) is 10.5 Å². The maximum Gasteiger partial charge on any atom is 0.243 e. The molecule has 0 bridgehead atoms. The molecule has 2 fully saturated rings. The van der Waals surface area contributed by atoms with Gasteiger partial charge in [0.05, 0.1) is 24.3 Å². The zero-order valence-electron chi connectivity index (χ0n) is 10.2. The first-order valence-corrected chi connectivity index (χ1v) is 6.24. The van der Waals surface area contributed by atoms with Gasteiger partial charge in [-0.15, -0.1) is 0 Å². The van der Waals surface area contributed by atoms with Crippen LogP contribution < -0.4 is 5.73 Å². The fraction of sp³-hybridized carbons (Fsp3) is 0.917. The first-order valence-electron chi connectivity index (χ1n) is 6.24. The molecule has 1 saturated heterocycles. The Bertz CT molecular complexity index is 274. The van der Waals surface area contributed by atoms with Crippen LogP contribution in [0.5, 0.6) is 0 Å². The Morgan fingerprint density at radius 2 is 2.00 bits per heavy atom. The Morgan fingerprint density at radius 1 is 1.38 bits per heavy atom. The molecule has 0 aromatic carbocycles. The van der Waals surface area contributed by atoms with Crippen LogP contribution in [0.25, 0.3) is 0 Å². The molecular formula is C12H22N2O2. The maximum absolute atomic E-state index is 12.4. The molecule has 1 saturated carbocycles. The molecule has 0 aromatic rings. The highest BCUT2D eigenvalue weighted by molar-refractivity contribution is 5.86. The average Bonchev–Trinajstić information content (AvgIpc) is 2.69. The van der Waals surface area contributed by atoms with Crippen LogP contribution in [0.4, 0.5) is 0 Å². The van der Waals surface area contributed by atoms with Crippen molar-refractivity contribution in [3.8, 4) is 0 Å². The van der Waals surface area contributed by atoms with Crippen LogP contribution in [-0.4, -0.2) is 41.6 Å². The molecule has 0 radical (unpaired) electrons. The van der Waals surface area contributed by atoms with E-state index in [-0.39, 0.29) is 18.1 Å². The highest BCUT2D eigenvalue weighted by Gasteiger charge is 2.42. The van der Waals surface area contributed by atoms with Crippen LogP contribution in [0, 0.1) is 0 Å². The van der Waals surface area contributed by atoms with Crippen molar-refractivity contribution in [3.63, 3.8) is 0 Å². The summed E-state index contributed by atoms with van der Waals surface area (Å²) in [6.45, 7) is 5.34. The van der Waals surface area contributed by atoms with Crippen molar-refractivity contribution in [1.82, 2.24) is 4.90 Å². The normalized spacial score (nSPS) is 34.1. The summed E-state index contributed by atoms with van der Waals surface area (Å²) in [6.07, 6.45) is 3.96. The standard InChI is InChI=1S/C12H22N2O2/c1-9-8-16-10(2)7-14(9)11(15)12(13)5-3-4-6-12/h9-10H,3-8,13H2,1-2H3. The molecular weight excluding hydrogens is 204 g/mol. The molecule has 0 spiro atoms. The third kappa shape index (κ3) is 2.09. The second kappa shape index (κ2) is 4.34. The summed E-state index contributed by atoms with van der Waals surface area (Å²) >= 11 is 0. The highest BCUT2D eigenvalue weighted by atomic mass is 16.5. The molecule has 2 N–H and O–H groups in total. The van der Waals surface area contributed by atoms with Gasteiger partial charge in [0.15, 0.2) is 0 Å². The smallest absolute Gasteiger partial charge is 0.243 e. The first kappa shape index (κ1) is 11.9. The Hall–Kier alpha value is -0.610. The molecule has 1 amide bonds. The fourth-order valence-corrected chi connectivity index (χ4v) is 2.69. The maximum atomic E-state index is 12.4. The number of nitrogens with zero attached hydrogens (tertiary/aromatic N) is 1. The predicted molar refractivity (Wildman–Crippen MR) is 62.0 cm³/mol. The number of rotatable bonds is 1. The highest BCUT2D eigenvalue weighted by Crippen LogP contribution is 2.30. The van der Waals surface area contributed by atoms with Gasteiger partial charge in [0.1, 0.15) is 0 Å². The molecule has 1 heterocycles. The van der Waals surface area contributed by atoms with Crippen LogP contribution in [0.15, 0.2) is 0 Å². The van der Waals surface area contributed by atoms with E-state index in [1.54, 1.807) is 0 Å². The van der Waals surface area contributed by atoms with E-state index in [0.29, 0.717) is 13.2 Å². The van der Waals surface area contributed by atoms with Crippen LogP contribution in [-0.2, 0) is 9.53 Å². The largest absolute Gasteiger partial charge is 0.375 e. The lowest BCUT2D eigenvalue weighted by Crippen LogP contribution is -2.60. The summed E-state index contributed by atoms with van der Waals surface area (Å²) in [7, 11) is 0. The van der Waals surface area contributed by atoms with Gasteiger partial charge in [-0.1, -0.05) is 12.8 Å². The molecule has 2 atom stereocenters. The van der Waals surface area contributed by atoms with Crippen LogP contribution >= 0.6 is 0 Å². The summed E-state index contributed by atoms with van der Waals surface area (Å²) in [5.41, 5.74) is 5.62. The molecule has 2 aliphatic rings. The van der Waals surface area contributed by atoms with Crippen molar-refractivity contribution < 1.29 is 9.53 Å². The third-order valence-electron chi connectivity index (χ3n) is 3.79. The van der Waals surface area contributed by atoms with Crippen molar-refractivity contribution >= 4 is 5.91 Å². The summed E-state index contributed by atoms with van der Waals surface area (Å²) in [4.78, 5) is 14.3. The van der Waals surface area contributed by atoms with E-state index in [0.717, 1.165) is 25.7 Å². The molecule has 92 valence electrons. The van der Waals surface area contributed by atoms with Crippen molar-refractivity contribution in [1.29, 1.82) is 0 Å². The molecule has 4 heteroatoms. The fourth-order valence-electron chi connectivity index (χ4n) is 2.69. The van der Waals surface area contributed by atoms with Gasteiger partial charge in [-0.05, 0) is 26.7 Å². The van der Waals surface area contributed by atoms with Crippen molar-refractivity contribution in [2.45, 2.75) is 57.2 Å². The minimum absolute atomic E-state index is 0.130. The van der Waals surface area contributed by atoms with Gasteiger partial charge < -0.3 is 15.4 Å². The van der Waals surface area contributed by atoms with Crippen molar-refractivity contribution in [2.24, 2.45) is 5.73 Å².